The average molecular weight is 561 g/mol. The molecule has 0 saturated heterocycles. The molecule has 0 aromatic carbocycles. The highest BCUT2D eigenvalue weighted by atomic mass is 16.6. The largest absolute Gasteiger partial charge is 0.463 e. The van der Waals surface area contributed by atoms with Crippen LogP contribution in [0, 0.1) is 0 Å². The maximum atomic E-state index is 11.8. The monoisotopic (exact) mass is 560 g/mol. The Bertz CT molecular complexity index is 808. The third kappa shape index (κ3) is 26.9. The summed E-state index contributed by atoms with van der Waals surface area (Å²) in [6.45, 7) is 3.82. The second-order valence-electron chi connectivity index (χ2n) is 9.54. The van der Waals surface area contributed by atoms with Gasteiger partial charge in [0.1, 0.15) is 19.3 Å². The SMILES string of the molecule is CC/C=C\C[C@@H](O)/C=C/C=C\C=C\[C@@H](O)C/C=C\C/C=C\CCC(=O)OC[C@H](O)COC(=O)CCCCCCC. The Morgan fingerprint density at radius 3 is 1.80 bits per heavy atom. The van der Waals surface area contributed by atoms with Gasteiger partial charge in [-0.05, 0) is 38.5 Å². The highest BCUT2D eigenvalue weighted by Crippen LogP contribution is 2.06. The fraction of sp³-hybridized carbons (Fsp3) is 0.576. The smallest absolute Gasteiger partial charge is 0.306 e. The van der Waals surface area contributed by atoms with E-state index in [2.05, 4.69) is 13.8 Å². The van der Waals surface area contributed by atoms with Crippen LogP contribution in [0.5, 0.6) is 0 Å². The molecule has 0 saturated carbocycles. The maximum Gasteiger partial charge on any atom is 0.306 e. The van der Waals surface area contributed by atoms with Crippen LogP contribution in [0.3, 0.4) is 0 Å². The molecule has 0 rings (SSSR count). The molecule has 3 atom stereocenters. The second-order valence-corrected chi connectivity index (χ2v) is 9.54. The zero-order chi connectivity index (χ0) is 29.7. The molecule has 7 nitrogen and oxygen atoms in total. The van der Waals surface area contributed by atoms with Crippen LogP contribution in [-0.2, 0) is 19.1 Å². The molecule has 7 heteroatoms. The van der Waals surface area contributed by atoms with Crippen LogP contribution in [0.15, 0.2) is 72.9 Å². The van der Waals surface area contributed by atoms with Crippen molar-refractivity contribution < 1.29 is 34.4 Å². The van der Waals surface area contributed by atoms with Gasteiger partial charge in [-0.3, -0.25) is 9.59 Å². The molecule has 40 heavy (non-hydrogen) atoms. The summed E-state index contributed by atoms with van der Waals surface area (Å²) in [5, 5.41) is 29.6. The molecule has 0 spiro atoms. The molecule has 0 heterocycles. The van der Waals surface area contributed by atoms with Gasteiger partial charge in [0, 0.05) is 12.8 Å². The summed E-state index contributed by atoms with van der Waals surface area (Å²) in [5.74, 6) is -0.752. The van der Waals surface area contributed by atoms with Gasteiger partial charge in [0.05, 0.1) is 12.2 Å². The number of carbonyl (C=O) groups excluding carboxylic acids is 2. The van der Waals surface area contributed by atoms with Crippen LogP contribution in [0.4, 0.5) is 0 Å². The van der Waals surface area contributed by atoms with Gasteiger partial charge in [-0.1, -0.05) is 112 Å². The van der Waals surface area contributed by atoms with Gasteiger partial charge in [-0.15, -0.1) is 0 Å². The minimum Gasteiger partial charge on any atom is -0.463 e. The van der Waals surface area contributed by atoms with E-state index in [1.54, 1.807) is 30.4 Å². The third-order valence-corrected chi connectivity index (χ3v) is 5.64. The minimum absolute atomic E-state index is 0.172. The summed E-state index contributed by atoms with van der Waals surface area (Å²) in [5.41, 5.74) is 0. The molecule has 226 valence electrons. The van der Waals surface area contributed by atoms with Gasteiger partial charge in [0.2, 0.25) is 0 Å². The molecule has 0 radical (unpaired) electrons. The maximum absolute atomic E-state index is 11.8. The number of hydrogen-bond donors (Lipinski definition) is 3. The molecule has 0 aliphatic rings. The van der Waals surface area contributed by atoms with Gasteiger partial charge < -0.3 is 24.8 Å². The first-order valence-corrected chi connectivity index (χ1v) is 14.7. The quantitative estimate of drug-likeness (QED) is 0.0556. The van der Waals surface area contributed by atoms with E-state index in [0.717, 1.165) is 32.1 Å². The van der Waals surface area contributed by atoms with Crippen LogP contribution in [0.1, 0.15) is 90.9 Å². The van der Waals surface area contributed by atoms with Gasteiger partial charge in [0.25, 0.3) is 0 Å². The van der Waals surface area contributed by atoms with Crippen molar-refractivity contribution in [3.8, 4) is 0 Å². The summed E-state index contributed by atoms with van der Waals surface area (Å²) in [6.07, 6.45) is 29.2. The Kier molecular flexibility index (Phi) is 25.9. The van der Waals surface area contributed by atoms with Gasteiger partial charge in [0.15, 0.2) is 0 Å². The molecule has 0 aliphatic heterocycles. The predicted molar refractivity (Wildman–Crippen MR) is 162 cm³/mol. The Morgan fingerprint density at radius 2 is 1.20 bits per heavy atom. The lowest BCUT2D eigenvalue weighted by molar-refractivity contribution is -0.152. The van der Waals surface area contributed by atoms with E-state index in [4.69, 9.17) is 9.47 Å². The molecule has 0 aromatic rings. The molecule has 0 bridgehead atoms. The van der Waals surface area contributed by atoms with E-state index in [1.807, 2.05) is 42.5 Å². The third-order valence-electron chi connectivity index (χ3n) is 5.64. The molecule has 0 aromatic heterocycles. The number of rotatable bonds is 24. The first kappa shape index (κ1) is 37.3. The summed E-state index contributed by atoms with van der Waals surface area (Å²) in [7, 11) is 0. The number of allylic oxidation sites excluding steroid dienone is 8. The van der Waals surface area contributed by atoms with E-state index in [0.29, 0.717) is 32.1 Å². The topological polar surface area (TPSA) is 113 Å². The number of unbranched alkanes of at least 4 members (excludes halogenated alkanes) is 4. The number of ether oxygens (including phenoxy) is 2. The van der Waals surface area contributed by atoms with Crippen molar-refractivity contribution in [3.63, 3.8) is 0 Å². The summed E-state index contributed by atoms with van der Waals surface area (Å²) in [6, 6.07) is 0. The summed E-state index contributed by atoms with van der Waals surface area (Å²) >= 11 is 0. The summed E-state index contributed by atoms with van der Waals surface area (Å²) in [4.78, 5) is 23.5. The van der Waals surface area contributed by atoms with Crippen molar-refractivity contribution in [2.45, 2.75) is 109 Å². The van der Waals surface area contributed by atoms with Crippen molar-refractivity contribution in [1.82, 2.24) is 0 Å². The lowest BCUT2D eigenvalue weighted by Crippen LogP contribution is -2.25. The molecule has 0 amide bonds. The van der Waals surface area contributed by atoms with Gasteiger partial charge in [-0.25, -0.2) is 0 Å². The highest BCUT2D eigenvalue weighted by Gasteiger charge is 2.11. The lowest BCUT2D eigenvalue weighted by Gasteiger charge is -2.11. The Morgan fingerprint density at radius 1 is 0.650 bits per heavy atom. The minimum atomic E-state index is -1.02. The van der Waals surface area contributed by atoms with Crippen LogP contribution < -0.4 is 0 Å². The lowest BCUT2D eigenvalue weighted by atomic mass is 10.1. The molecular formula is C33H52O7. The van der Waals surface area contributed by atoms with Crippen LogP contribution in [0.2, 0.25) is 0 Å². The van der Waals surface area contributed by atoms with E-state index in [-0.39, 0.29) is 25.6 Å². The standard InChI is InChI=1S/C33H52O7/c1-3-5-7-10-19-25-32(37)39-27-31(36)28-40-33(38)26-20-12-9-8-11-16-22-30(35)24-18-14-13-17-23-29(34)21-15-6-4-2/h6,9,11-18,23-24,29-31,34-36H,3-5,7-8,10,19-22,25-28H2,1-2H3/b12-9-,14-13-,15-6-,16-11-,23-17+,24-18+/t29-,30+,31-/m1/s1. The summed E-state index contributed by atoms with van der Waals surface area (Å²) < 4.78 is 10.1. The molecule has 0 unspecified atom stereocenters. The van der Waals surface area contributed by atoms with Crippen LogP contribution in [0.25, 0.3) is 0 Å². The average Bonchev–Trinajstić information content (AvgIpc) is 2.94. The van der Waals surface area contributed by atoms with Crippen molar-refractivity contribution in [2.75, 3.05) is 13.2 Å². The van der Waals surface area contributed by atoms with Crippen molar-refractivity contribution in [2.24, 2.45) is 0 Å². The van der Waals surface area contributed by atoms with E-state index >= 15 is 0 Å². The zero-order valence-electron chi connectivity index (χ0n) is 24.5. The Balaban J connectivity index is 3.86. The first-order valence-electron chi connectivity index (χ1n) is 14.7. The Labute approximate surface area is 241 Å². The predicted octanol–water partition coefficient (Wildman–Crippen LogP) is 6.21. The van der Waals surface area contributed by atoms with Crippen molar-refractivity contribution in [1.29, 1.82) is 0 Å². The van der Waals surface area contributed by atoms with E-state index < -0.39 is 24.3 Å². The molecule has 0 fully saturated rings. The number of hydrogen-bond acceptors (Lipinski definition) is 7. The Hall–Kier alpha value is -2.74. The molecular weight excluding hydrogens is 508 g/mol. The first-order chi connectivity index (χ1) is 19.4. The fourth-order valence-electron chi connectivity index (χ4n) is 3.34. The van der Waals surface area contributed by atoms with E-state index in [9.17, 15) is 24.9 Å². The normalized spacial score (nSPS) is 14.8. The zero-order valence-corrected chi connectivity index (χ0v) is 24.5. The van der Waals surface area contributed by atoms with Gasteiger partial charge in [-0.2, -0.15) is 0 Å². The van der Waals surface area contributed by atoms with Crippen LogP contribution >= 0.6 is 0 Å². The highest BCUT2D eigenvalue weighted by molar-refractivity contribution is 5.70. The number of carbonyl (C=O) groups is 2. The number of aliphatic hydroxyl groups is 3. The number of esters is 2. The van der Waals surface area contributed by atoms with Gasteiger partial charge >= 0.3 is 11.9 Å². The van der Waals surface area contributed by atoms with Crippen LogP contribution in [-0.4, -0.2) is 58.8 Å². The molecule has 0 aliphatic carbocycles. The fourth-order valence-corrected chi connectivity index (χ4v) is 3.34. The number of aliphatic hydroxyl groups excluding tert-OH is 3. The van der Waals surface area contributed by atoms with Crippen molar-refractivity contribution >= 4 is 11.9 Å². The van der Waals surface area contributed by atoms with E-state index in [1.165, 1.54) is 6.42 Å². The molecule has 3 N–H and O–H groups in total. The van der Waals surface area contributed by atoms with Crippen molar-refractivity contribution in [3.05, 3.63) is 72.9 Å². The second kappa shape index (κ2) is 27.8.